The molecule has 0 bridgehead atoms. The van der Waals surface area contributed by atoms with E-state index in [2.05, 4.69) is 5.32 Å². The Labute approximate surface area is 106 Å². The van der Waals surface area contributed by atoms with Crippen LogP contribution in [0.25, 0.3) is 0 Å². The van der Waals surface area contributed by atoms with E-state index in [9.17, 15) is 4.79 Å². The Morgan fingerprint density at radius 2 is 2.18 bits per heavy atom. The summed E-state index contributed by atoms with van der Waals surface area (Å²) >= 11 is 5.88. The highest BCUT2D eigenvalue weighted by Crippen LogP contribution is 2.20. The minimum Gasteiger partial charge on any atom is -0.467 e. The van der Waals surface area contributed by atoms with Gasteiger partial charge in [0.1, 0.15) is 0 Å². The van der Waals surface area contributed by atoms with Crippen molar-refractivity contribution in [3.05, 3.63) is 29.3 Å². The number of ether oxygens (including phenoxy) is 2. The van der Waals surface area contributed by atoms with E-state index in [1.54, 1.807) is 25.1 Å². The van der Waals surface area contributed by atoms with Crippen LogP contribution in [0, 0.1) is 0 Å². The predicted octanol–water partition coefficient (Wildman–Crippen LogP) is 2.33. The van der Waals surface area contributed by atoms with Gasteiger partial charge in [-0.15, -0.1) is 0 Å². The Kier molecular flexibility index (Phi) is 4.78. The number of anilines is 1. The van der Waals surface area contributed by atoms with Crippen molar-refractivity contribution in [3.8, 4) is 0 Å². The Morgan fingerprint density at radius 3 is 2.71 bits per heavy atom. The summed E-state index contributed by atoms with van der Waals surface area (Å²) in [6.45, 7) is 1.91. The number of carbonyl (C=O) groups excluding carboxylic acids is 1. The third-order valence-corrected chi connectivity index (χ3v) is 2.55. The first kappa shape index (κ1) is 13.8. The molecule has 0 aliphatic rings. The zero-order valence-corrected chi connectivity index (χ0v) is 10.9. The number of carbonyl (C=O) groups is 1. The zero-order chi connectivity index (χ0) is 12.9. The van der Waals surface area contributed by atoms with E-state index < -0.39 is 5.54 Å². The van der Waals surface area contributed by atoms with Crippen molar-refractivity contribution in [2.45, 2.75) is 12.5 Å². The molecule has 17 heavy (non-hydrogen) atoms. The fraction of sp³-hybridized carbons (Fsp3) is 0.417. The van der Waals surface area contributed by atoms with Crippen LogP contribution in [0.4, 0.5) is 5.69 Å². The highest BCUT2D eigenvalue weighted by atomic mass is 35.5. The number of nitrogens with one attached hydrogen (secondary N) is 1. The van der Waals surface area contributed by atoms with E-state index >= 15 is 0 Å². The van der Waals surface area contributed by atoms with Gasteiger partial charge < -0.3 is 14.8 Å². The van der Waals surface area contributed by atoms with Gasteiger partial charge in [0.15, 0.2) is 5.54 Å². The maximum Gasteiger partial charge on any atom is 0.333 e. The topological polar surface area (TPSA) is 47.6 Å². The largest absolute Gasteiger partial charge is 0.467 e. The summed E-state index contributed by atoms with van der Waals surface area (Å²) in [5.41, 5.74) is -0.198. The van der Waals surface area contributed by atoms with E-state index in [1.807, 2.05) is 6.07 Å². The lowest BCUT2D eigenvalue weighted by Crippen LogP contribution is -2.48. The molecule has 1 rings (SSSR count). The summed E-state index contributed by atoms with van der Waals surface area (Å²) in [5, 5.41) is 3.66. The molecule has 0 aliphatic heterocycles. The molecule has 0 saturated heterocycles. The highest BCUT2D eigenvalue weighted by molar-refractivity contribution is 6.30. The summed E-state index contributed by atoms with van der Waals surface area (Å²) in [7, 11) is 2.87. The molecule has 0 saturated carbocycles. The summed E-state index contributed by atoms with van der Waals surface area (Å²) in [6, 6.07) is 7.12. The molecule has 1 aromatic rings. The Bertz CT molecular complexity index is 397. The van der Waals surface area contributed by atoms with Crippen molar-refractivity contribution in [1.29, 1.82) is 0 Å². The maximum absolute atomic E-state index is 11.7. The molecule has 4 nitrogen and oxygen atoms in total. The minimum atomic E-state index is -0.936. The van der Waals surface area contributed by atoms with E-state index in [1.165, 1.54) is 14.2 Å². The molecule has 0 aliphatic carbocycles. The molecule has 1 N–H and O–H groups in total. The molecule has 0 spiro atoms. The zero-order valence-electron chi connectivity index (χ0n) is 10.1. The number of esters is 1. The van der Waals surface area contributed by atoms with Crippen LogP contribution in [0.3, 0.4) is 0 Å². The second-order valence-corrected chi connectivity index (χ2v) is 4.33. The van der Waals surface area contributed by atoms with E-state index in [-0.39, 0.29) is 12.6 Å². The summed E-state index contributed by atoms with van der Waals surface area (Å²) < 4.78 is 9.79. The van der Waals surface area contributed by atoms with Crippen LogP contribution in [-0.4, -0.2) is 32.3 Å². The van der Waals surface area contributed by atoms with E-state index in [4.69, 9.17) is 21.1 Å². The van der Waals surface area contributed by atoms with Crippen molar-refractivity contribution in [3.63, 3.8) is 0 Å². The molecule has 94 valence electrons. The van der Waals surface area contributed by atoms with Crippen LogP contribution in [0.15, 0.2) is 24.3 Å². The smallest absolute Gasteiger partial charge is 0.333 e. The van der Waals surface area contributed by atoms with Crippen molar-refractivity contribution in [2.75, 3.05) is 26.1 Å². The van der Waals surface area contributed by atoms with E-state index in [0.717, 1.165) is 5.69 Å². The lowest BCUT2D eigenvalue weighted by Gasteiger charge is -2.28. The first-order valence-corrected chi connectivity index (χ1v) is 5.51. The number of benzene rings is 1. The van der Waals surface area contributed by atoms with Gasteiger partial charge in [0.2, 0.25) is 0 Å². The summed E-state index contributed by atoms with van der Waals surface area (Å²) in [6.07, 6.45) is 0. The van der Waals surface area contributed by atoms with Crippen molar-refractivity contribution in [2.24, 2.45) is 0 Å². The van der Waals surface area contributed by atoms with Crippen LogP contribution in [-0.2, 0) is 14.3 Å². The molecule has 1 aromatic carbocycles. The van der Waals surface area contributed by atoms with Gasteiger partial charge in [-0.3, -0.25) is 0 Å². The molecule has 1 atom stereocenters. The van der Waals surface area contributed by atoms with Gasteiger partial charge in [-0.2, -0.15) is 0 Å². The first-order chi connectivity index (χ1) is 8.01. The fourth-order valence-electron chi connectivity index (χ4n) is 1.54. The highest BCUT2D eigenvalue weighted by Gasteiger charge is 2.34. The van der Waals surface area contributed by atoms with E-state index in [0.29, 0.717) is 5.02 Å². The molecular formula is C12H16ClNO3. The second-order valence-electron chi connectivity index (χ2n) is 3.89. The number of hydrogen-bond acceptors (Lipinski definition) is 4. The monoisotopic (exact) mass is 257 g/mol. The lowest BCUT2D eigenvalue weighted by atomic mass is 10.0. The molecule has 5 heteroatoms. The average molecular weight is 258 g/mol. The van der Waals surface area contributed by atoms with Crippen molar-refractivity contribution in [1.82, 2.24) is 0 Å². The average Bonchev–Trinajstić information content (AvgIpc) is 2.28. The Morgan fingerprint density at radius 1 is 1.47 bits per heavy atom. The van der Waals surface area contributed by atoms with Crippen LogP contribution in [0.1, 0.15) is 6.92 Å². The third kappa shape index (κ3) is 3.61. The van der Waals surface area contributed by atoms with Gasteiger partial charge >= 0.3 is 5.97 Å². The van der Waals surface area contributed by atoms with Gasteiger partial charge in [0.25, 0.3) is 0 Å². The molecule has 0 aromatic heterocycles. The molecule has 0 radical (unpaired) electrons. The molecule has 0 amide bonds. The minimum absolute atomic E-state index is 0.201. The lowest BCUT2D eigenvalue weighted by molar-refractivity contribution is -0.147. The number of hydrogen-bond donors (Lipinski definition) is 1. The third-order valence-electron chi connectivity index (χ3n) is 2.31. The quantitative estimate of drug-likeness (QED) is 0.823. The second kappa shape index (κ2) is 5.89. The molecule has 0 heterocycles. The van der Waals surface area contributed by atoms with Gasteiger partial charge in [0.05, 0.1) is 13.7 Å². The van der Waals surface area contributed by atoms with Crippen LogP contribution < -0.4 is 5.32 Å². The summed E-state index contributed by atoms with van der Waals surface area (Å²) in [5.74, 6) is -0.390. The SMILES string of the molecule is COCC(C)(Nc1cccc(Cl)c1)C(=O)OC. The molecule has 0 fully saturated rings. The van der Waals surface area contributed by atoms with Gasteiger partial charge in [0, 0.05) is 17.8 Å². The van der Waals surface area contributed by atoms with Gasteiger partial charge in [-0.05, 0) is 25.1 Å². The van der Waals surface area contributed by atoms with Crippen LogP contribution in [0.2, 0.25) is 5.02 Å². The number of halogens is 1. The number of methoxy groups -OCH3 is 2. The standard InChI is InChI=1S/C12H16ClNO3/c1-12(8-16-2,11(15)17-3)14-10-6-4-5-9(13)7-10/h4-7,14H,8H2,1-3H3. The van der Waals surface area contributed by atoms with Crippen LogP contribution >= 0.6 is 11.6 Å². The summed E-state index contributed by atoms with van der Waals surface area (Å²) in [4.78, 5) is 11.7. The molecule has 1 unspecified atom stereocenters. The molecular weight excluding hydrogens is 242 g/mol. The maximum atomic E-state index is 11.7. The van der Waals surface area contributed by atoms with Crippen molar-refractivity contribution >= 4 is 23.3 Å². The van der Waals surface area contributed by atoms with Gasteiger partial charge in [-0.25, -0.2) is 4.79 Å². The normalized spacial score (nSPS) is 13.9. The van der Waals surface area contributed by atoms with Crippen LogP contribution in [0.5, 0.6) is 0 Å². The Hall–Kier alpha value is -1.26. The first-order valence-electron chi connectivity index (χ1n) is 5.13. The van der Waals surface area contributed by atoms with Gasteiger partial charge in [-0.1, -0.05) is 17.7 Å². The fourth-order valence-corrected chi connectivity index (χ4v) is 1.74. The predicted molar refractivity (Wildman–Crippen MR) is 67.4 cm³/mol. The van der Waals surface area contributed by atoms with Crippen molar-refractivity contribution < 1.29 is 14.3 Å². The Balaban J connectivity index is 2.90. The number of rotatable bonds is 5.